The van der Waals surface area contributed by atoms with Crippen molar-refractivity contribution in [3.63, 3.8) is 0 Å². The molecule has 1 saturated heterocycles. The summed E-state index contributed by atoms with van der Waals surface area (Å²) in [5.74, 6) is 0.519. The number of hydrogen-bond donors (Lipinski definition) is 1. The highest BCUT2D eigenvalue weighted by Gasteiger charge is 2.36. The molecule has 13 heteroatoms. The monoisotopic (exact) mass is 552 g/mol. The molecule has 39 heavy (non-hydrogen) atoms. The molecule has 0 aliphatic carbocycles. The lowest BCUT2D eigenvalue weighted by Gasteiger charge is -2.28. The third-order valence-corrected chi connectivity index (χ3v) is 6.71. The molecule has 0 atom stereocenters. The number of rotatable bonds is 5. The zero-order chi connectivity index (χ0) is 27.6. The van der Waals surface area contributed by atoms with Gasteiger partial charge in [-0.15, -0.1) is 13.2 Å². The molecule has 2 aliphatic rings. The van der Waals surface area contributed by atoms with E-state index in [2.05, 4.69) is 19.9 Å². The number of ether oxygens (including phenoxy) is 1. The van der Waals surface area contributed by atoms with E-state index in [1.54, 1.807) is 4.90 Å². The number of nitrogens with zero attached hydrogens (tertiary/aromatic N) is 5. The molecule has 0 radical (unpaired) electrons. The minimum absolute atomic E-state index is 0.128. The fourth-order valence-electron chi connectivity index (χ4n) is 4.88. The van der Waals surface area contributed by atoms with Crippen LogP contribution in [-0.2, 0) is 19.0 Å². The molecule has 1 fully saturated rings. The minimum atomic E-state index is -4.80. The maximum Gasteiger partial charge on any atom is 0.573 e. The van der Waals surface area contributed by atoms with Crippen LogP contribution in [0.1, 0.15) is 36.1 Å². The van der Waals surface area contributed by atoms with E-state index in [-0.39, 0.29) is 24.7 Å². The molecule has 1 N–H and O–H groups in total. The summed E-state index contributed by atoms with van der Waals surface area (Å²) >= 11 is 0. The van der Waals surface area contributed by atoms with Crippen LogP contribution in [0.2, 0.25) is 0 Å². The average molecular weight is 553 g/mol. The molecular formula is C26H26F6N6O. The Balaban J connectivity index is 1.45. The van der Waals surface area contributed by atoms with E-state index in [1.165, 1.54) is 36.5 Å². The number of benzene rings is 1. The molecule has 0 spiro atoms. The molecule has 1 aromatic carbocycles. The topological polar surface area (TPSA) is 66.4 Å². The van der Waals surface area contributed by atoms with Crippen LogP contribution in [0, 0.1) is 0 Å². The molecule has 7 nitrogen and oxygen atoms in total. The smallest absolute Gasteiger partial charge is 0.406 e. The summed E-state index contributed by atoms with van der Waals surface area (Å²) in [5.41, 5.74) is 1.16. The highest BCUT2D eigenvalue weighted by Crippen LogP contribution is 2.36. The van der Waals surface area contributed by atoms with Gasteiger partial charge in [-0.05, 0) is 62.1 Å². The van der Waals surface area contributed by atoms with Crippen molar-refractivity contribution in [2.45, 2.75) is 44.6 Å². The summed E-state index contributed by atoms with van der Waals surface area (Å²) in [6.07, 6.45) is -4.17. The quantitative estimate of drug-likeness (QED) is 0.382. The standard InChI is InChI=1S/C26H26F6N6O/c27-25(28,29)20-5-4-12-33-23(20)37-15-10-19-21(11-16-37)35-24(38-13-2-1-3-14-38)36-22(19)34-17-6-8-18(9-7-17)39-26(30,31)32/h4-9,12H,1-3,10-11,13-16H2,(H,34,35,36). The van der Waals surface area contributed by atoms with Crippen molar-refractivity contribution in [2.75, 3.05) is 41.3 Å². The van der Waals surface area contributed by atoms with Gasteiger partial charge in [0, 0.05) is 50.0 Å². The summed E-state index contributed by atoms with van der Waals surface area (Å²) in [6.45, 7) is 2.12. The first-order valence-corrected chi connectivity index (χ1v) is 12.6. The second kappa shape index (κ2) is 10.8. The Hall–Kier alpha value is -3.77. The first-order valence-electron chi connectivity index (χ1n) is 12.6. The van der Waals surface area contributed by atoms with Gasteiger partial charge in [-0.2, -0.15) is 18.2 Å². The number of nitrogens with one attached hydrogen (secondary N) is 1. The van der Waals surface area contributed by atoms with Crippen molar-refractivity contribution in [2.24, 2.45) is 0 Å². The molecule has 4 heterocycles. The Morgan fingerprint density at radius 1 is 0.795 bits per heavy atom. The van der Waals surface area contributed by atoms with Crippen LogP contribution in [0.5, 0.6) is 5.75 Å². The number of halogens is 6. The lowest BCUT2D eigenvalue weighted by atomic mass is 10.1. The summed E-state index contributed by atoms with van der Waals surface area (Å²) in [4.78, 5) is 17.3. The summed E-state index contributed by atoms with van der Waals surface area (Å²) in [7, 11) is 0. The second-order valence-electron chi connectivity index (χ2n) is 9.40. The number of anilines is 4. The molecule has 0 bridgehead atoms. The first kappa shape index (κ1) is 26.8. The molecule has 208 valence electrons. The van der Waals surface area contributed by atoms with Gasteiger partial charge in [0.2, 0.25) is 5.95 Å². The van der Waals surface area contributed by atoms with E-state index in [4.69, 9.17) is 9.97 Å². The van der Waals surface area contributed by atoms with Crippen molar-refractivity contribution in [1.29, 1.82) is 0 Å². The van der Waals surface area contributed by atoms with Gasteiger partial charge >= 0.3 is 12.5 Å². The lowest BCUT2D eigenvalue weighted by Crippen LogP contribution is -2.31. The maximum atomic E-state index is 13.7. The first-order chi connectivity index (χ1) is 18.6. The van der Waals surface area contributed by atoms with Gasteiger partial charge in [0.25, 0.3) is 0 Å². The summed E-state index contributed by atoms with van der Waals surface area (Å²) < 4.78 is 82.6. The Morgan fingerprint density at radius 2 is 1.51 bits per heavy atom. The van der Waals surface area contributed by atoms with Gasteiger partial charge in [-0.3, -0.25) is 0 Å². The van der Waals surface area contributed by atoms with Crippen LogP contribution < -0.4 is 19.9 Å². The largest absolute Gasteiger partial charge is 0.573 e. The molecule has 0 amide bonds. The fraction of sp³-hybridized carbons (Fsp3) is 0.423. The van der Waals surface area contributed by atoms with Crippen LogP contribution in [-0.4, -0.2) is 47.5 Å². The third kappa shape index (κ3) is 6.45. The predicted molar refractivity (Wildman–Crippen MR) is 133 cm³/mol. The molecule has 0 saturated carbocycles. The molecule has 0 unspecified atom stereocenters. The van der Waals surface area contributed by atoms with Gasteiger partial charge in [0.15, 0.2) is 0 Å². The Bertz CT molecular complexity index is 1290. The van der Waals surface area contributed by atoms with Gasteiger partial charge in [0.05, 0.1) is 11.3 Å². The highest BCUT2D eigenvalue weighted by atomic mass is 19.4. The number of piperidine rings is 1. The molecule has 2 aromatic heterocycles. The van der Waals surface area contributed by atoms with Crippen molar-refractivity contribution in [1.82, 2.24) is 15.0 Å². The molecular weight excluding hydrogens is 526 g/mol. The number of aromatic nitrogens is 3. The number of hydrogen-bond acceptors (Lipinski definition) is 7. The summed E-state index contributed by atoms with van der Waals surface area (Å²) in [6, 6.07) is 7.58. The van der Waals surface area contributed by atoms with Crippen molar-refractivity contribution in [3.05, 3.63) is 59.4 Å². The van der Waals surface area contributed by atoms with E-state index in [0.717, 1.165) is 49.7 Å². The van der Waals surface area contributed by atoms with E-state index >= 15 is 0 Å². The Kier molecular flexibility index (Phi) is 7.41. The van der Waals surface area contributed by atoms with Gasteiger partial charge in [0.1, 0.15) is 17.4 Å². The lowest BCUT2D eigenvalue weighted by molar-refractivity contribution is -0.274. The maximum absolute atomic E-state index is 13.7. The SMILES string of the molecule is FC(F)(F)Oc1ccc(Nc2nc(N3CCCCC3)nc3c2CCN(c2ncccc2C(F)(F)F)CC3)cc1. The highest BCUT2D eigenvalue weighted by molar-refractivity contribution is 5.63. The van der Waals surface area contributed by atoms with Crippen LogP contribution in [0.3, 0.4) is 0 Å². The molecule has 5 rings (SSSR count). The fourth-order valence-corrected chi connectivity index (χ4v) is 4.88. The minimum Gasteiger partial charge on any atom is -0.406 e. The van der Waals surface area contributed by atoms with E-state index in [1.807, 2.05) is 0 Å². The van der Waals surface area contributed by atoms with Crippen molar-refractivity contribution < 1.29 is 31.1 Å². The normalized spacial score (nSPS) is 16.5. The molecule has 2 aliphatic heterocycles. The second-order valence-corrected chi connectivity index (χ2v) is 9.40. The van der Waals surface area contributed by atoms with Crippen LogP contribution in [0.15, 0.2) is 42.6 Å². The average Bonchev–Trinajstić information content (AvgIpc) is 3.12. The zero-order valence-electron chi connectivity index (χ0n) is 20.8. The number of alkyl halides is 6. The van der Waals surface area contributed by atoms with E-state index in [9.17, 15) is 26.3 Å². The Morgan fingerprint density at radius 3 is 2.21 bits per heavy atom. The third-order valence-electron chi connectivity index (χ3n) is 6.71. The van der Waals surface area contributed by atoms with Gasteiger partial charge < -0.3 is 19.9 Å². The molecule has 3 aromatic rings. The van der Waals surface area contributed by atoms with Crippen LogP contribution in [0.25, 0.3) is 0 Å². The Labute approximate surface area is 220 Å². The number of pyridine rings is 1. The van der Waals surface area contributed by atoms with Crippen LogP contribution in [0.4, 0.5) is 49.6 Å². The van der Waals surface area contributed by atoms with Gasteiger partial charge in [-0.25, -0.2) is 9.97 Å². The van der Waals surface area contributed by atoms with Crippen LogP contribution >= 0.6 is 0 Å². The zero-order valence-corrected chi connectivity index (χ0v) is 20.8. The predicted octanol–water partition coefficient (Wildman–Crippen LogP) is 6.13. The number of fused-ring (bicyclic) bond motifs is 1. The van der Waals surface area contributed by atoms with Crippen molar-refractivity contribution in [3.8, 4) is 5.75 Å². The summed E-state index contributed by atoms with van der Waals surface area (Å²) in [5, 5.41) is 3.19. The van der Waals surface area contributed by atoms with Gasteiger partial charge in [-0.1, -0.05) is 0 Å². The van der Waals surface area contributed by atoms with E-state index in [0.29, 0.717) is 30.3 Å². The van der Waals surface area contributed by atoms with Crippen molar-refractivity contribution >= 4 is 23.3 Å². The van der Waals surface area contributed by atoms with E-state index < -0.39 is 18.1 Å².